The fourth-order valence-corrected chi connectivity index (χ4v) is 3.37. The Morgan fingerprint density at radius 1 is 1.36 bits per heavy atom. The van der Waals surface area contributed by atoms with Crippen molar-refractivity contribution in [2.45, 2.75) is 25.1 Å². The highest BCUT2D eigenvalue weighted by Crippen LogP contribution is 2.34. The van der Waals surface area contributed by atoms with Crippen LogP contribution in [0.3, 0.4) is 0 Å². The first-order valence-corrected chi connectivity index (χ1v) is 8.43. The zero-order chi connectivity index (χ0) is 18.0. The Balaban J connectivity index is 1.77. The average molecular weight is 343 g/mol. The quantitative estimate of drug-likeness (QED) is 0.872. The van der Waals surface area contributed by atoms with Crippen LogP contribution in [0.2, 0.25) is 0 Å². The molecule has 2 N–H and O–H groups in total. The van der Waals surface area contributed by atoms with Crippen LogP contribution in [0.5, 0.6) is 5.75 Å². The molecule has 25 heavy (non-hydrogen) atoms. The molecule has 3 rings (SSSR count). The predicted molar refractivity (Wildman–Crippen MR) is 95.6 cm³/mol. The molecule has 6 nitrogen and oxygen atoms in total. The first-order chi connectivity index (χ1) is 12.0. The van der Waals surface area contributed by atoms with Gasteiger partial charge in [0.25, 0.3) is 5.91 Å². The number of H-pyrrole nitrogens is 1. The molecule has 1 aliphatic heterocycles. The molecule has 2 atom stereocenters. The summed E-state index contributed by atoms with van der Waals surface area (Å²) in [5, 5.41) is 10.2. The van der Waals surface area contributed by atoms with Crippen molar-refractivity contribution in [3.05, 3.63) is 53.3 Å². The fraction of sp³-hybridized carbons (Fsp3) is 0.421. The highest BCUT2D eigenvalue weighted by Gasteiger charge is 2.32. The SMILES string of the molecule is COc1cccc([C@@H]2C[C@H](O)CN2Cc2ccc(C(=O)N(C)C)[nH]2)c1. The van der Waals surface area contributed by atoms with Crippen molar-refractivity contribution in [3.63, 3.8) is 0 Å². The van der Waals surface area contributed by atoms with Gasteiger partial charge in [-0.2, -0.15) is 0 Å². The highest BCUT2D eigenvalue weighted by molar-refractivity contribution is 5.92. The molecule has 2 heterocycles. The summed E-state index contributed by atoms with van der Waals surface area (Å²) in [6, 6.07) is 11.8. The number of aromatic amines is 1. The molecule has 6 heteroatoms. The van der Waals surface area contributed by atoms with Crippen LogP contribution in [-0.4, -0.2) is 59.7 Å². The van der Waals surface area contributed by atoms with Gasteiger partial charge in [0.15, 0.2) is 0 Å². The molecule has 1 aromatic heterocycles. The second-order valence-electron chi connectivity index (χ2n) is 6.71. The van der Waals surface area contributed by atoms with Crippen molar-refractivity contribution >= 4 is 5.91 Å². The number of aliphatic hydroxyl groups is 1. The van der Waals surface area contributed by atoms with E-state index in [1.54, 1.807) is 26.1 Å². The van der Waals surface area contributed by atoms with Gasteiger partial charge in [-0.3, -0.25) is 9.69 Å². The summed E-state index contributed by atoms with van der Waals surface area (Å²) in [5.41, 5.74) is 2.68. The van der Waals surface area contributed by atoms with Gasteiger partial charge in [-0.05, 0) is 36.2 Å². The second-order valence-corrected chi connectivity index (χ2v) is 6.71. The first kappa shape index (κ1) is 17.5. The number of rotatable bonds is 5. The number of β-amino-alcohol motifs (C(OH)–C–C–N with tert-alkyl or cyclic N) is 1. The molecule has 0 saturated carbocycles. The molecule has 1 saturated heterocycles. The molecule has 0 spiro atoms. The summed E-state index contributed by atoms with van der Waals surface area (Å²) in [5.74, 6) is 0.773. The van der Waals surface area contributed by atoms with Crippen molar-refractivity contribution in [1.82, 2.24) is 14.8 Å². The minimum Gasteiger partial charge on any atom is -0.497 e. The standard InChI is InChI=1S/C19H25N3O3/c1-21(2)19(24)17-8-7-14(20-17)11-22-12-15(23)10-18(22)13-5-4-6-16(9-13)25-3/h4-9,15,18,20,23H,10-12H2,1-3H3/t15-,18-/m0/s1. The van der Waals surface area contributed by atoms with Crippen molar-refractivity contribution in [2.24, 2.45) is 0 Å². The van der Waals surface area contributed by atoms with E-state index in [1.165, 1.54) is 0 Å². The summed E-state index contributed by atoms with van der Waals surface area (Å²) >= 11 is 0. The van der Waals surface area contributed by atoms with Gasteiger partial charge >= 0.3 is 0 Å². The van der Waals surface area contributed by atoms with E-state index in [4.69, 9.17) is 4.74 Å². The lowest BCUT2D eigenvalue weighted by Gasteiger charge is -2.24. The lowest BCUT2D eigenvalue weighted by Crippen LogP contribution is -2.25. The van der Waals surface area contributed by atoms with E-state index in [9.17, 15) is 9.90 Å². The molecule has 0 unspecified atom stereocenters. The molecule has 0 radical (unpaired) electrons. The minimum absolute atomic E-state index is 0.0444. The van der Waals surface area contributed by atoms with Crippen molar-refractivity contribution in [2.75, 3.05) is 27.7 Å². The number of amides is 1. The van der Waals surface area contributed by atoms with Gasteiger partial charge in [0.1, 0.15) is 11.4 Å². The lowest BCUT2D eigenvalue weighted by molar-refractivity contribution is 0.0822. The van der Waals surface area contributed by atoms with Crippen LogP contribution in [0.25, 0.3) is 0 Å². The van der Waals surface area contributed by atoms with E-state index in [1.807, 2.05) is 30.3 Å². The number of hydrogen-bond acceptors (Lipinski definition) is 4. The molecule has 1 amide bonds. The highest BCUT2D eigenvalue weighted by atomic mass is 16.5. The molecule has 1 aliphatic rings. The smallest absolute Gasteiger partial charge is 0.269 e. The Morgan fingerprint density at radius 3 is 2.88 bits per heavy atom. The molecule has 1 aromatic carbocycles. The Morgan fingerprint density at radius 2 is 2.16 bits per heavy atom. The number of carbonyl (C=O) groups is 1. The van der Waals surface area contributed by atoms with Crippen LogP contribution >= 0.6 is 0 Å². The van der Waals surface area contributed by atoms with E-state index in [0.717, 1.165) is 17.0 Å². The van der Waals surface area contributed by atoms with E-state index in [0.29, 0.717) is 25.2 Å². The molecule has 0 bridgehead atoms. The number of aliphatic hydroxyl groups excluding tert-OH is 1. The number of ether oxygens (including phenoxy) is 1. The Hall–Kier alpha value is -2.31. The van der Waals surface area contributed by atoms with E-state index >= 15 is 0 Å². The van der Waals surface area contributed by atoms with E-state index < -0.39 is 0 Å². The van der Waals surface area contributed by atoms with Gasteiger partial charge in [-0.25, -0.2) is 0 Å². The average Bonchev–Trinajstić information content (AvgIpc) is 3.21. The largest absolute Gasteiger partial charge is 0.497 e. The zero-order valence-corrected chi connectivity index (χ0v) is 14.9. The third kappa shape index (κ3) is 3.86. The molecule has 2 aromatic rings. The van der Waals surface area contributed by atoms with Gasteiger partial charge in [-0.1, -0.05) is 12.1 Å². The summed E-state index contributed by atoms with van der Waals surface area (Å²) in [6.45, 7) is 1.26. The van der Waals surface area contributed by atoms with E-state index in [2.05, 4.69) is 16.0 Å². The Labute approximate surface area is 148 Å². The molecule has 1 fully saturated rings. The van der Waals surface area contributed by atoms with Crippen molar-refractivity contribution in [1.29, 1.82) is 0 Å². The molecule has 134 valence electrons. The van der Waals surface area contributed by atoms with Crippen LogP contribution in [0, 0.1) is 0 Å². The van der Waals surface area contributed by atoms with Crippen LogP contribution in [0.1, 0.15) is 34.2 Å². The number of methoxy groups -OCH3 is 1. The maximum Gasteiger partial charge on any atom is 0.269 e. The van der Waals surface area contributed by atoms with Crippen molar-refractivity contribution < 1.29 is 14.6 Å². The predicted octanol–water partition coefficient (Wildman–Crippen LogP) is 2.03. The number of aromatic nitrogens is 1. The Bertz CT molecular complexity index is 741. The summed E-state index contributed by atoms with van der Waals surface area (Å²) in [6.07, 6.45) is 0.339. The van der Waals surface area contributed by atoms with Gasteiger partial charge in [0.05, 0.1) is 13.2 Å². The monoisotopic (exact) mass is 343 g/mol. The van der Waals surface area contributed by atoms with Crippen molar-refractivity contribution in [3.8, 4) is 5.75 Å². The van der Waals surface area contributed by atoms with E-state index in [-0.39, 0.29) is 18.1 Å². The number of carbonyl (C=O) groups excluding carboxylic acids is 1. The third-order valence-corrected chi connectivity index (χ3v) is 4.62. The lowest BCUT2D eigenvalue weighted by atomic mass is 10.0. The number of nitrogens with one attached hydrogen (secondary N) is 1. The summed E-state index contributed by atoms with van der Waals surface area (Å²) in [7, 11) is 5.12. The topological polar surface area (TPSA) is 68.8 Å². The number of benzene rings is 1. The van der Waals surface area contributed by atoms with Crippen LogP contribution in [0.15, 0.2) is 36.4 Å². The molecule has 0 aliphatic carbocycles. The first-order valence-electron chi connectivity index (χ1n) is 8.43. The minimum atomic E-state index is -0.353. The number of nitrogens with zero attached hydrogens (tertiary/aromatic N) is 2. The molecular weight excluding hydrogens is 318 g/mol. The van der Waals surface area contributed by atoms with Crippen LogP contribution < -0.4 is 4.74 Å². The maximum absolute atomic E-state index is 12.0. The fourth-order valence-electron chi connectivity index (χ4n) is 3.37. The molecular formula is C19H25N3O3. The maximum atomic E-state index is 12.0. The summed E-state index contributed by atoms with van der Waals surface area (Å²) < 4.78 is 5.32. The second kappa shape index (κ2) is 7.29. The van der Waals surface area contributed by atoms with Gasteiger partial charge in [0, 0.05) is 38.9 Å². The van der Waals surface area contributed by atoms with Gasteiger partial charge in [-0.15, -0.1) is 0 Å². The number of likely N-dealkylation sites (tertiary alicyclic amines) is 1. The normalized spacial score (nSPS) is 20.6. The van der Waals surface area contributed by atoms with Gasteiger partial charge in [0.2, 0.25) is 0 Å². The summed E-state index contributed by atoms with van der Waals surface area (Å²) in [4.78, 5) is 19.0. The van der Waals surface area contributed by atoms with Gasteiger partial charge < -0.3 is 19.7 Å². The zero-order valence-electron chi connectivity index (χ0n) is 14.9. The van der Waals surface area contributed by atoms with Crippen LogP contribution in [0.4, 0.5) is 0 Å². The number of hydrogen-bond donors (Lipinski definition) is 2. The Kier molecular flexibility index (Phi) is 5.11. The third-order valence-electron chi connectivity index (χ3n) is 4.62. The van der Waals surface area contributed by atoms with Crippen LogP contribution in [-0.2, 0) is 6.54 Å².